The normalized spacial score (nSPS) is 18.0. The molecule has 1 fully saturated rings. The smallest absolute Gasteiger partial charge is 0.254 e. The third-order valence-electron chi connectivity index (χ3n) is 4.53. The molecule has 2 aromatic rings. The molecule has 0 aliphatic carbocycles. The number of hydrogen-bond acceptors (Lipinski definition) is 2. The lowest BCUT2D eigenvalue weighted by Gasteiger charge is -2.39. The number of hydrogen-bond donors (Lipinski definition) is 0. The van der Waals surface area contributed by atoms with Gasteiger partial charge in [-0.15, -0.1) is 0 Å². The fourth-order valence-corrected chi connectivity index (χ4v) is 3.06. The average molecular weight is 322 g/mol. The molecule has 1 aliphatic rings. The Kier molecular flexibility index (Phi) is 4.38. The second-order valence-corrected chi connectivity index (χ2v) is 6.37. The molecular formula is C20H22N2O2. The first-order chi connectivity index (χ1) is 11.5. The van der Waals surface area contributed by atoms with Gasteiger partial charge in [-0.3, -0.25) is 9.59 Å². The van der Waals surface area contributed by atoms with Crippen LogP contribution in [0.1, 0.15) is 28.4 Å². The molecule has 24 heavy (non-hydrogen) atoms. The van der Waals surface area contributed by atoms with Crippen LogP contribution in [0.15, 0.2) is 48.5 Å². The third kappa shape index (κ3) is 3.04. The van der Waals surface area contributed by atoms with E-state index in [0.717, 1.165) is 16.8 Å². The van der Waals surface area contributed by atoms with Gasteiger partial charge in [-0.1, -0.05) is 29.8 Å². The highest BCUT2D eigenvalue weighted by molar-refractivity contribution is 6.03. The molecule has 0 spiro atoms. The van der Waals surface area contributed by atoms with Gasteiger partial charge in [-0.05, 0) is 50.6 Å². The minimum absolute atomic E-state index is 0.0349. The Morgan fingerprint density at radius 1 is 1.00 bits per heavy atom. The number of benzene rings is 2. The van der Waals surface area contributed by atoms with Gasteiger partial charge >= 0.3 is 0 Å². The highest BCUT2D eigenvalue weighted by Crippen LogP contribution is 2.22. The standard InChI is InChI=1S/C20H22N2O2/c1-14-7-9-17(10-8-14)20(24)21-11-12-22(19(23)16(21)3)18-6-4-5-15(2)13-18/h4-10,13,16H,11-12H2,1-3H3/t16-/m0/s1. The molecule has 1 heterocycles. The first-order valence-corrected chi connectivity index (χ1v) is 8.23. The van der Waals surface area contributed by atoms with Gasteiger partial charge in [0.25, 0.3) is 5.91 Å². The molecule has 0 radical (unpaired) electrons. The molecule has 1 aliphatic heterocycles. The van der Waals surface area contributed by atoms with Gasteiger partial charge in [0.05, 0.1) is 0 Å². The lowest BCUT2D eigenvalue weighted by atomic mass is 10.1. The molecule has 124 valence electrons. The Morgan fingerprint density at radius 3 is 2.38 bits per heavy atom. The van der Waals surface area contributed by atoms with Crippen LogP contribution in [0.3, 0.4) is 0 Å². The average Bonchev–Trinajstić information content (AvgIpc) is 2.57. The van der Waals surface area contributed by atoms with Crippen LogP contribution in [-0.2, 0) is 4.79 Å². The van der Waals surface area contributed by atoms with Crippen molar-refractivity contribution in [3.05, 3.63) is 65.2 Å². The second kappa shape index (κ2) is 6.48. The van der Waals surface area contributed by atoms with Gasteiger partial charge in [-0.25, -0.2) is 0 Å². The van der Waals surface area contributed by atoms with Gasteiger partial charge in [0.1, 0.15) is 6.04 Å². The van der Waals surface area contributed by atoms with Crippen molar-refractivity contribution in [2.24, 2.45) is 0 Å². The highest BCUT2D eigenvalue weighted by atomic mass is 16.2. The molecule has 0 saturated carbocycles. The van der Waals surface area contributed by atoms with Crippen molar-refractivity contribution in [1.82, 2.24) is 4.90 Å². The van der Waals surface area contributed by atoms with Crippen molar-refractivity contribution in [3.8, 4) is 0 Å². The summed E-state index contributed by atoms with van der Waals surface area (Å²) >= 11 is 0. The molecular weight excluding hydrogens is 300 g/mol. The number of nitrogens with zero attached hydrogens (tertiary/aromatic N) is 2. The number of carbonyl (C=O) groups excluding carboxylic acids is 2. The molecule has 4 nitrogen and oxygen atoms in total. The number of aryl methyl sites for hydroxylation is 2. The Morgan fingerprint density at radius 2 is 1.71 bits per heavy atom. The van der Waals surface area contributed by atoms with Crippen LogP contribution in [-0.4, -0.2) is 35.8 Å². The predicted octanol–water partition coefficient (Wildman–Crippen LogP) is 3.18. The second-order valence-electron chi connectivity index (χ2n) is 6.37. The van der Waals surface area contributed by atoms with E-state index in [1.54, 1.807) is 16.7 Å². The summed E-state index contributed by atoms with van der Waals surface area (Å²) in [7, 11) is 0. The molecule has 1 atom stereocenters. The van der Waals surface area contributed by atoms with Crippen LogP contribution in [0, 0.1) is 13.8 Å². The Hall–Kier alpha value is -2.62. The molecule has 4 heteroatoms. The van der Waals surface area contributed by atoms with Crippen LogP contribution in [0.25, 0.3) is 0 Å². The van der Waals surface area contributed by atoms with Gasteiger partial charge in [0.2, 0.25) is 5.91 Å². The van der Waals surface area contributed by atoms with E-state index >= 15 is 0 Å². The summed E-state index contributed by atoms with van der Waals surface area (Å²) in [6.45, 7) is 6.85. The zero-order chi connectivity index (χ0) is 17.3. The van der Waals surface area contributed by atoms with Gasteiger partial charge in [-0.2, -0.15) is 0 Å². The van der Waals surface area contributed by atoms with E-state index in [2.05, 4.69) is 0 Å². The number of piperazine rings is 1. The van der Waals surface area contributed by atoms with E-state index in [1.807, 2.05) is 62.4 Å². The van der Waals surface area contributed by atoms with Crippen LogP contribution in [0.2, 0.25) is 0 Å². The topological polar surface area (TPSA) is 40.6 Å². The third-order valence-corrected chi connectivity index (χ3v) is 4.53. The summed E-state index contributed by atoms with van der Waals surface area (Å²) in [5, 5.41) is 0. The minimum atomic E-state index is -0.465. The number of amides is 2. The van der Waals surface area contributed by atoms with E-state index in [1.165, 1.54) is 0 Å². The van der Waals surface area contributed by atoms with E-state index in [4.69, 9.17) is 0 Å². The van der Waals surface area contributed by atoms with Crippen molar-refractivity contribution in [2.75, 3.05) is 18.0 Å². The highest BCUT2D eigenvalue weighted by Gasteiger charge is 2.35. The van der Waals surface area contributed by atoms with Gasteiger partial charge < -0.3 is 9.80 Å². The first kappa shape index (κ1) is 16.2. The summed E-state index contributed by atoms with van der Waals surface area (Å²) in [6, 6.07) is 14.9. The van der Waals surface area contributed by atoms with Crippen LogP contribution in [0.5, 0.6) is 0 Å². The maximum absolute atomic E-state index is 12.8. The summed E-state index contributed by atoms with van der Waals surface area (Å²) in [5.41, 5.74) is 3.75. The Labute approximate surface area is 142 Å². The predicted molar refractivity (Wildman–Crippen MR) is 95.2 cm³/mol. The Bertz CT molecular complexity index is 767. The maximum atomic E-state index is 12.8. The van der Waals surface area contributed by atoms with E-state index < -0.39 is 6.04 Å². The molecule has 2 aromatic carbocycles. The van der Waals surface area contributed by atoms with E-state index in [-0.39, 0.29) is 11.8 Å². The molecule has 1 saturated heterocycles. The minimum Gasteiger partial charge on any atom is -0.325 e. The zero-order valence-corrected chi connectivity index (χ0v) is 14.3. The van der Waals surface area contributed by atoms with Crippen LogP contribution < -0.4 is 4.90 Å². The SMILES string of the molecule is Cc1ccc(C(=O)N2CCN(c3cccc(C)c3)C(=O)[C@@H]2C)cc1. The summed E-state index contributed by atoms with van der Waals surface area (Å²) < 4.78 is 0. The number of carbonyl (C=O) groups is 2. The molecule has 0 N–H and O–H groups in total. The molecule has 2 amide bonds. The van der Waals surface area contributed by atoms with E-state index in [0.29, 0.717) is 18.7 Å². The molecule has 0 aromatic heterocycles. The summed E-state index contributed by atoms with van der Waals surface area (Å²) in [5.74, 6) is -0.118. The van der Waals surface area contributed by atoms with E-state index in [9.17, 15) is 9.59 Å². The van der Waals surface area contributed by atoms with Gasteiger partial charge in [0, 0.05) is 24.3 Å². The van der Waals surface area contributed by atoms with Crippen molar-refractivity contribution in [2.45, 2.75) is 26.8 Å². The van der Waals surface area contributed by atoms with Crippen molar-refractivity contribution in [1.29, 1.82) is 0 Å². The summed E-state index contributed by atoms with van der Waals surface area (Å²) in [6.07, 6.45) is 0. The van der Waals surface area contributed by atoms with Crippen molar-refractivity contribution < 1.29 is 9.59 Å². The fraction of sp³-hybridized carbons (Fsp3) is 0.300. The number of rotatable bonds is 2. The van der Waals surface area contributed by atoms with Crippen LogP contribution in [0.4, 0.5) is 5.69 Å². The molecule has 0 bridgehead atoms. The van der Waals surface area contributed by atoms with Gasteiger partial charge in [0.15, 0.2) is 0 Å². The van der Waals surface area contributed by atoms with Crippen LogP contribution >= 0.6 is 0 Å². The lowest BCUT2D eigenvalue weighted by Crippen LogP contribution is -2.57. The molecule has 3 rings (SSSR count). The lowest BCUT2D eigenvalue weighted by molar-refractivity contribution is -0.124. The quantitative estimate of drug-likeness (QED) is 0.852. The van der Waals surface area contributed by atoms with Crippen molar-refractivity contribution >= 4 is 17.5 Å². The number of anilines is 1. The maximum Gasteiger partial charge on any atom is 0.254 e. The largest absolute Gasteiger partial charge is 0.325 e. The first-order valence-electron chi connectivity index (χ1n) is 8.23. The zero-order valence-electron chi connectivity index (χ0n) is 14.3. The van der Waals surface area contributed by atoms with Crippen molar-refractivity contribution in [3.63, 3.8) is 0 Å². The summed E-state index contributed by atoms with van der Waals surface area (Å²) in [4.78, 5) is 28.9. The monoisotopic (exact) mass is 322 g/mol. The Balaban J connectivity index is 1.79. The fourth-order valence-electron chi connectivity index (χ4n) is 3.06. The molecule has 0 unspecified atom stereocenters.